The number of ketones is 2. The van der Waals surface area contributed by atoms with Crippen molar-refractivity contribution in [1.29, 1.82) is 0 Å². The highest BCUT2D eigenvalue weighted by atomic mass is 16.5. The Kier molecular flexibility index (Phi) is 5.60. The number of hydrogen-bond donors (Lipinski definition) is 1. The molecule has 0 saturated carbocycles. The lowest BCUT2D eigenvalue weighted by Crippen LogP contribution is -2.40. The highest BCUT2D eigenvalue weighted by molar-refractivity contribution is 6.08. The maximum absolute atomic E-state index is 11.8. The number of carbonyl (C=O) groups excluding carboxylic acids is 2. The minimum atomic E-state index is -0.933. The number of likely N-dealkylation sites (tertiary alicyclic amines) is 1. The molecule has 1 fully saturated rings. The van der Waals surface area contributed by atoms with Gasteiger partial charge in [0.05, 0.1) is 12.5 Å². The number of hydrogen-bond acceptors (Lipinski definition) is 5. The summed E-state index contributed by atoms with van der Waals surface area (Å²) in [5.41, 5.74) is 0.457. The summed E-state index contributed by atoms with van der Waals surface area (Å²) in [6.07, 6.45) is 2.89. The second-order valence-electron chi connectivity index (χ2n) is 5.15. The molecule has 0 spiro atoms. The van der Waals surface area contributed by atoms with Gasteiger partial charge >= 0.3 is 6.09 Å². The first kappa shape index (κ1) is 16.1. The van der Waals surface area contributed by atoms with Crippen LogP contribution in [0, 0.1) is 0 Å². The van der Waals surface area contributed by atoms with E-state index in [-0.39, 0.29) is 30.7 Å². The zero-order valence-electron chi connectivity index (χ0n) is 12.1. The number of carbonyl (C=O) groups is 3. The Bertz CT molecular complexity index is 538. The molecule has 2 heterocycles. The second kappa shape index (κ2) is 7.65. The molecule has 7 nitrogen and oxygen atoms in total. The zero-order chi connectivity index (χ0) is 15.9. The molecule has 0 atom stereocenters. The minimum Gasteiger partial charge on any atom is -0.465 e. The molecule has 1 amide bonds. The predicted molar refractivity (Wildman–Crippen MR) is 76.8 cm³/mol. The maximum Gasteiger partial charge on any atom is 0.407 e. The number of rotatable bonds is 6. The Balaban J connectivity index is 1.70. The molecule has 1 aromatic heterocycles. The summed E-state index contributed by atoms with van der Waals surface area (Å²) in [4.78, 5) is 39.5. The van der Waals surface area contributed by atoms with Crippen LogP contribution in [0.2, 0.25) is 0 Å². The molecule has 0 aliphatic carbocycles. The first-order valence-electron chi connectivity index (χ1n) is 7.10. The Labute approximate surface area is 127 Å². The first-order valence-corrected chi connectivity index (χ1v) is 7.10. The van der Waals surface area contributed by atoms with E-state index in [1.54, 1.807) is 12.1 Å². The van der Waals surface area contributed by atoms with Crippen LogP contribution in [0.25, 0.3) is 0 Å². The molecule has 1 saturated heterocycles. The van der Waals surface area contributed by atoms with Crippen molar-refractivity contribution in [2.45, 2.75) is 25.4 Å². The second-order valence-corrected chi connectivity index (χ2v) is 5.15. The molecule has 7 heteroatoms. The van der Waals surface area contributed by atoms with Gasteiger partial charge in [-0.3, -0.25) is 14.6 Å². The van der Waals surface area contributed by atoms with E-state index in [0.29, 0.717) is 31.5 Å². The van der Waals surface area contributed by atoms with Crippen LogP contribution in [0.1, 0.15) is 29.6 Å². The Morgan fingerprint density at radius 2 is 1.86 bits per heavy atom. The summed E-state index contributed by atoms with van der Waals surface area (Å²) >= 11 is 0. The van der Waals surface area contributed by atoms with Gasteiger partial charge in [-0.15, -0.1) is 0 Å². The van der Waals surface area contributed by atoms with E-state index in [0.717, 1.165) is 0 Å². The molecule has 2 rings (SSSR count). The highest BCUT2D eigenvalue weighted by Crippen LogP contribution is 2.14. The quantitative estimate of drug-likeness (QED) is 0.630. The van der Waals surface area contributed by atoms with Crippen molar-refractivity contribution in [2.75, 3.05) is 19.7 Å². The molecule has 0 bridgehead atoms. The summed E-state index contributed by atoms with van der Waals surface area (Å²) < 4.78 is 5.48. The lowest BCUT2D eigenvalue weighted by molar-refractivity contribution is -0.125. The molecule has 118 valence electrons. The molecule has 1 aromatic rings. The van der Waals surface area contributed by atoms with Crippen molar-refractivity contribution in [2.24, 2.45) is 0 Å². The molecular formula is C15H18N2O5. The lowest BCUT2D eigenvalue weighted by atomic mass is 10.1. The largest absolute Gasteiger partial charge is 0.465 e. The van der Waals surface area contributed by atoms with Crippen LogP contribution in [0.15, 0.2) is 24.5 Å². The number of pyridine rings is 1. The van der Waals surface area contributed by atoms with Gasteiger partial charge < -0.3 is 14.7 Å². The van der Waals surface area contributed by atoms with Gasteiger partial charge in [0.15, 0.2) is 11.6 Å². The zero-order valence-corrected chi connectivity index (χ0v) is 12.1. The fourth-order valence-corrected chi connectivity index (χ4v) is 2.29. The molecule has 1 aliphatic heterocycles. The van der Waals surface area contributed by atoms with Crippen LogP contribution < -0.4 is 0 Å². The van der Waals surface area contributed by atoms with Gasteiger partial charge in [-0.05, 0) is 25.0 Å². The van der Waals surface area contributed by atoms with Crippen LogP contribution in [-0.4, -0.2) is 58.5 Å². The minimum absolute atomic E-state index is 0.117. The fraction of sp³-hybridized carbons (Fsp3) is 0.467. The van der Waals surface area contributed by atoms with Gasteiger partial charge in [0.25, 0.3) is 0 Å². The number of aromatic nitrogens is 1. The van der Waals surface area contributed by atoms with E-state index in [9.17, 15) is 14.4 Å². The lowest BCUT2D eigenvalue weighted by Gasteiger charge is -2.29. The molecule has 1 N–H and O–H groups in total. The number of Topliss-reactive ketones (excluding diaryl/α,β-unsaturated/α-hetero) is 2. The van der Waals surface area contributed by atoms with Crippen molar-refractivity contribution in [3.05, 3.63) is 30.1 Å². The fourth-order valence-electron chi connectivity index (χ4n) is 2.29. The monoisotopic (exact) mass is 306 g/mol. The number of ether oxygens (including phenoxy) is 1. The Hall–Kier alpha value is -2.28. The van der Waals surface area contributed by atoms with E-state index in [2.05, 4.69) is 4.98 Å². The molecular weight excluding hydrogens is 288 g/mol. The van der Waals surface area contributed by atoms with Gasteiger partial charge in [-0.1, -0.05) is 0 Å². The average molecular weight is 306 g/mol. The third-order valence-electron chi connectivity index (χ3n) is 3.55. The van der Waals surface area contributed by atoms with Gasteiger partial charge in [0, 0.05) is 31.0 Å². The number of carboxylic acid groups (broad SMARTS) is 1. The van der Waals surface area contributed by atoms with Crippen LogP contribution in [0.3, 0.4) is 0 Å². The van der Waals surface area contributed by atoms with Gasteiger partial charge in [-0.25, -0.2) is 4.79 Å². The normalized spacial score (nSPS) is 15.5. The van der Waals surface area contributed by atoms with Gasteiger partial charge in [0.2, 0.25) is 0 Å². The Morgan fingerprint density at radius 3 is 2.45 bits per heavy atom. The molecule has 0 unspecified atom stereocenters. The van der Waals surface area contributed by atoms with E-state index in [1.807, 2.05) is 0 Å². The van der Waals surface area contributed by atoms with Crippen LogP contribution in [0.4, 0.5) is 4.79 Å². The molecule has 22 heavy (non-hydrogen) atoms. The standard InChI is InChI=1S/C15H18N2O5/c18-12(9-14(19)11-1-5-16-6-2-11)10-22-13-3-7-17(8-4-13)15(20)21/h1-2,5-6,13H,3-4,7-10H2,(H,20,21). The van der Waals surface area contributed by atoms with Crippen LogP contribution in [-0.2, 0) is 9.53 Å². The molecule has 0 aromatic carbocycles. The van der Waals surface area contributed by atoms with Crippen molar-refractivity contribution < 1.29 is 24.2 Å². The third kappa shape index (κ3) is 4.63. The summed E-state index contributed by atoms with van der Waals surface area (Å²) in [7, 11) is 0. The van der Waals surface area contributed by atoms with Crippen molar-refractivity contribution in [3.8, 4) is 0 Å². The van der Waals surface area contributed by atoms with Crippen molar-refractivity contribution in [1.82, 2.24) is 9.88 Å². The third-order valence-corrected chi connectivity index (χ3v) is 3.55. The van der Waals surface area contributed by atoms with E-state index >= 15 is 0 Å². The topological polar surface area (TPSA) is 96.8 Å². The highest BCUT2D eigenvalue weighted by Gasteiger charge is 2.23. The van der Waals surface area contributed by atoms with E-state index in [1.165, 1.54) is 17.3 Å². The molecule has 0 radical (unpaired) electrons. The number of amides is 1. The summed E-state index contributed by atoms with van der Waals surface area (Å²) in [6.45, 7) is 0.697. The smallest absolute Gasteiger partial charge is 0.407 e. The number of piperidine rings is 1. The van der Waals surface area contributed by atoms with E-state index in [4.69, 9.17) is 9.84 Å². The predicted octanol–water partition coefficient (Wildman–Crippen LogP) is 1.38. The van der Waals surface area contributed by atoms with Crippen molar-refractivity contribution >= 4 is 17.7 Å². The van der Waals surface area contributed by atoms with Gasteiger partial charge in [-0.2, -0.15) is 0 Å². The van der Waals surface area contributed by atoms with Crippen molar-refractivity contribution in [3.63, 3.8) is 0 Å². The maximum atomic E-state index is 11.8. The summed E-state index contributed by atoms with van der Waals surface area (Å²) in [5, 5.41) is 8.84. The number of nitrogens with zero attached hydrogens (tertiary/aromatic N) is 2. The SMILES string of the molecule is O=C(COC1CCN(C(=O)O)CC1)CC(=O)c1ccncc1. The summed E-state index contributed by atoms with van der Waals surface area (Å²) in [6, 6.07) is 3.14. The first-order chi connectivity index (χ1) is 10.6. The summed E-state index contributed by atoms with van der Waals surface area (Å²) in [5.74, 6) is -0.529. The van der Waals surface area contributed by atoms with Crippen LogP contribution in [0.5, 0.6) is 0 Å². The Morgan fingerprint density at radius 1 is 1.23 bits per heavy atom. The van der Waals surface area contributed by atoms with Crippen LogP contribution >= 0.6 is 0 Å². The average Bonchev–Trinajstić information content (AvgIpc) is 2.54. The van der Waals surface area contributed by atoms with E-state index < -0.39 is 6.09 Å². The molecule has 1 aliphatic rings. The van der Waals surface area contributed by atoms with Gasteiger partial charge in [0.1, 0.15) is 6.61 Å².